The van der Waals surface area contributed by atoms with Crippen molar-refractivity contribution in [3.8, 4) is 0 Å². The molecule has 0 unspecified atom stereocenters. The summed E-state index contributed by atoms with van der Waals surface area (Å²) >= 11 is -1.40. The van der Waals surface area contributed by atoms with Crippen LogP contribution in [0.25, 0.3) is 0 Å². The molecule has 1 heteroatoms. The Labute approximate surface area is 148 Å². The van der Waals surface area contributed by atoms with E-state index in [1.54, 1.807) is 16.7 Å². The van der Waals surface area contributed by atoms with E-state index in [4.69, 9.17) is 0 Å². The van der Waals surface area contributed by atoms with Crippen LogP contribution in [-0.2, 0) is 0 Å². The van der Waals surface area contributed by atoms with E-state index in [1.807, 2.05) is 4.82 Å². The van der Waals surface area contributed by atoms with Crippen molar-refractivity contribution < 1.29 is 32.3 Å². The average Bonchev–Trinajstić information content (AvgIpc) is 3.28. The van der Waals surface area contributed by atoms with Crippen LogP contribution in [0.2, 0.25) is 0 Å². The quantitative estimate of drug-likeness (QED) is 0.442. The third-order valence-corrected chi connectivity index (χ3v) is 11.4. The number of hydrogen-bond acceptors (Lipinski definition) is 0. The van der Waals surface area contributed by atoms with E-state index < -0.39 is 32.3 Å². The van der Waals surface area contributed by atoms with E-state index in [0.717, 1.165) is 0 Å². The van der Waals surface area contributed by atoms with Crippen molar-refractivity contribution in [3.63, 3.8) is 0 Å². The fraction of sp³-hybridized carbons (Fsp3) is 0.429. The van der Waals surface area contributed by atoms with Gasteiger partial charge in [-0.1, -0.05) is 0 Å². The number of hydrogen-bond donors (Lipinski definition) is 0. The molecule has 0 aromatic rings. The van der Waals surface area contributed by atoms with Crippen LogP contribution in [0.15, 0.2) is 58.0 Å². The second-order valence-electron chi connectivity index (χ2n) is 5.80. The van der Waals surface area contributed by atoms with Gasteiger partial charge in [-0.25, -0.2) is 0 Å². The summed E-state index contributed by atoms with van der Waals surface area (Å²) in [6, 6.07) is 0. The summed E-state index contributed by atoms with van der Waals surface area (Å²) in [5.74, 6) is 0. The first-order valence-electron chi connectivity index (χ1n) is 8.56. The Kier molecular flexibility index (Phi) is 5.66. The zero-order chi connectivity index (χ0) is 15.5. The van der Waals surface area contributed by atoms with Crippen LogP contribution >= 0.6 is 0 Å². The molecule has 0 saturated carbocycles. The number of allylic oxidation sites excluding steroid dienone is 12. The van der Waals surface area contributed by atoms with Crippen LogP contribution in [0.5, 0.6) is 0 Å². The summed E-state index contributed by atoms with van der Waals surface area (Å²) in [7, 11) is 0. The van der Waals surface area contributed by atoms with E-state index in [1.165, 1.54) is 38.5 Å². The summed E-state index contributed by atoms with van der Waals surface area (Å²) in [6.45, 7) is 6.97. The summed E-state index contributed by atoms with van der Waals surface area (Å²) < 4.78 is 5.51. The average molecular weight is 442 g/mol. The van der Waals surface area contributed by atoms with Crippen LogP contribution in [0.1, 0.15) is 59.3 Å². The van der Waals surface area contributed by atoms with Gasteiger partial charge in [-0.3, -0.25) is 0 Å². The van der Waals surface area contributed by atoms with Crippen molar-refractivity contribution in [2.24, 2.45) is 0 Å². The van der Waals surface area contributed by atoms with Gasteiger partial charge in [0.15, 0.2) is 0 Å². The van der Waals surface area contributed by atoms with Gasteiger partial charge in [0.05, 0.1) is 0 Å². The Morgan fingerprint density at radius 1 is 0.636 bits per heavy atom. The van der Waals surface area contributed by atoms with Gasteiger partial charge < -0.3 is 0 Å². The maximum atomic E-state index is 2.41. The van der Waals surface area contributed by atoms with Gasteiger partial charge in [0.1, 0.15) is 0 Å². The standard InChI is InChI=1S/3C7H9.Dy/c3*1-2-7-5-3-4-6-7;/h3*3,5H,2,4H2,1H3;. The molecule has 0 aromatic heterocycles. The van der Waals surface area contributed by atoms with Crippen LogP contribution < -0.4 is 0 Å². The van der Waals surface area contributed by atoms with Crippen molar-refractivity contribution in [1.29, 1.82) is 0 Å². The monoisotopic (exact) mass is 443 g/mol. The molecule has 0 saturated heterocycles. The van der Waals surface area contributed by atoms with Crippen molar-refractivity contribution in [2.45, 2.75) is 59.3 Å². The zero-order valence-corrected chi connectivity index (χ0v) is 16.1. The Morgan fingerprint density at radius 3 is 1.23 bits per heavy atom. The van der Waals surface area contributed by atoms with E-state index in [9.17, 15) is 0 Å². The summed E-state index contributed by atoms with van der Waals surface area (Å²) in [5, 5.41) is 0. The number of rotatable bonds is 6. The predicted octanol–water partition coefficient (Wildman–Crippen LogP) is 6.48. The molecule has 0 nitrogen and oxygen atoms in total. The first kappa shape index (κ1) is 16.6. The maximum absolute atomic E-state index is 2.41. The molecule has 0 radical (unpaired) electrons. The fourth-order valence-corrected chi connectivity index (χ4v) is 11.0. The van der Waals surface area contributed by atoms with E-state index in [0.29, 0.717) is 0 Å². The third-order valence-electron chi connectivity index (χ3n) is 4.51. The Bertz CT molecular complexity index is 544. The van der Waals surface area contributed by atoms with Crippen molar-refractivity contribution in [3.05, 3.63) is 58.0 Å². The van der Waals surface area contributed by atoms with E-state index in [-0.39, 0.29) is 0 Å². The molecule has 121 valence electrons. The normalized spacial score (nSPS) is 21.1. The van der Waals surface area contributed by atoms with E-state index in [2.05, 4.69) is 57.2 Å². The Morgan fingerprint density at radius 2 is 0.955 bits per heavy atom. The summed E-state index contributed by atoms with van der Waals surface area (Å²) in [5.41, 5.74) is 4.95. The molecule has 0 spiro atoms. The second kappa shape index (κ2) is 7.52. The molecular formula is C21H27Dy. The molecular weight excluding hydrogens is 415 g/mol. The Hall–Kier alpha value is -0.287. The van der Waals surface area contributed by atoms with E-state index >= 15 is 0 Å². The predicted molar refractivity (Wildman–Crippen MR) is 93.2 cm³/mol. The molecule has 0 atom stereocenters. The molecule has 0 amide bonds. The van der Waals surface area contributed by atoms with Crippen LogP contribution in [0, 0.1) is 32.3 Å². The zero-order valence-electron chi connectivity index (χ0n) is 14.0. The molecule has 0 heterocycles. The topological polar surface area (TPSA) is 0 Å². The van der Waals surface area contributed by atoms with Crippen LogP contribution in [-0.4, -0.2) is 0 Å². The molecule has 0 fully saturated rings. The van der Waals surface area contributed by atoms with Gasteiger partial charge in [-0.05, 0) is 0 Å². The molecule has 0 bridgehead atoms. The van der Waals surface area contributed by atoms with Crippen LogP contribution in [0.4, 0.5) is 0 Å². The van der Waals surface area contributed by atoms with Gasteiger partial charge >= 0.3 is 150 Å². The van der Waals surface area contributed by atoms with Gasteiger partial charge in [0.2, 0.25) is 0 Å². The molecule has 0 aliphatic heterocycles. The molecule has 22 heavy (non-hydrogen) atoms. The Balaban J connectivity index is 2.09. The van der Waals surface area contributed by atoms with Crippen molar-refractivity contribution in [1.82, 2.24) is 0 Å². The molecule has 3 rings (SSSR count). The minimum absolute atomic E-state index is 1.20. The first-order chi connectivity index (χ1) is 10.8. The molecule has 3 aliphatic carbocycles. The SMILES string of the molecule is CCC1=[C]([Dy]([C]2=C(CC)C=CC2)[C]2=C(CC)C=CC2)CC=C1. The van der Waals surface area contributed by atoms with Crippen molar-refractivity contribution in [2.75, 3.05) is 0 Å². The summed E-state index contributed by atoms with van der Waals surface area (Å²) in [6.07, 6.45) is 21.7. The molecule has 0 aromatic carbocycles. The summed E-state index contributed by atoms with van der Waals surface area (Å²) in [4.78, 5) is 0. The fourth-order valence-electron chi connectivity index (χ4n) is 3.28. The molecule has 0 N–H and O–H groups in total. The van der Waals surface area contributed by atoms with Gasteiger partial charge in [-0.15, -0.1) is 0 Å². The van der Waals surface area contributed by atoms with Gasteiger partial charge in [0.25, 0.3) is 0 Å². The van der Waals surface area contributed by atoms with Gasteiger partial charge in [0, 0.05) is 0 Å². The van der Waals surface area contributed by atoms with Gasteiger partial charge in [-0.2, -0.15) is 0 Å². The third kappa shape index (κ3) is 3.03. The van der Waals surface area contributed by atoms with Crippen LogP contribution in [0.3, 0.4) is 0 Å². The van der Waals surface area contributed by atoms with Crippen molar-refractivity contribution >= 4 is 0 Å². The molecule has 3 aliphatic rings. The minimum atomic E-state index is -1.40. The second-order valence-corrected chi connectivity index (χ2v) is 11.0. The first-order valence-corrected chi connectivity index (χ1v) is 11.6.